The Balaban J connectivity index is 1.47. The third-order valence-electron chi connectivity index (χ3n) is 4.76. The number of likely N-dealkylation sites (tertiary alicyclic amines) is 1. The normalized spacial score (nSPS) is 17.1. The summed E-state index contributed by atoms with van der Waals surface area (Å²) >= 11 is 0. The number of amides is 1. The molecule has 1 saturated heterocycles. The molecule has 1 aromatic heterocycles. The molecular formula is C21H17F3N2O2. The van der Waals surface area contributed by atoms with E-state index in [1.165, 1.54) is 23.1 Å². The number of rotatable bonds is 3. The van der Waals surface area contributed by atoms with Gasteiger partial charge >= 0.3 is 6.18 Å². The predicted octanol–water partition coefficient (Wildman–Crippen LogP) is 4.55. The molecule has 3 aromatic rings. The lowest BCUT2D eigenvalue weighted by atomic mass is 10.1. The van der Waals surface area contributed by atoms with Gasteiger partial charge in [-0.2, -0.15) is 13.2 Å². The zero-order valence-corrected chi connectivity index (χ0v) is 14.8. The van der Waals surface area contributed by atoms with Crippen LogP contribution in [-0.4, -0.2) is 35.0 Å². The molecule has 144 valence electrons. The number of carbonyl (C=O) groups excluding carboxylic acids is 1. The molecule has 7 heteroatoms. The second kappa shape index (κ2) is 7.14. The minimum Gasteiger partial charge on any atom is -0.472 e. The minimum atomic E-state index is -4.57. The first-order valence-corrected chi connectivity index (χ1v) is 8.90. The van der Waals surface area contributed by atoms with E-state index in [0.29, 0.717) is 18.8 Å². The van der Waals surface area contributed by atoms with Crippen molar-refractivity contribution in [1.82, 2.24) is 9.88 Å². The molecular weight excluding hydrogens is 369 g/mol. The number of hydrogen-bond donors (Lipinski definition) is 0. The van der Waals surface area contributed by atoms with Crippen LogP contribution < -0.4 is 4.74 Å². The zero-order chi connectivity index (χ0) is 19.7. The van der Waals surface area contributed by atoms with Crippen LogP contribution in [0.3, 0.4) is 0 Å². The molecule has 0 saturated carbocycles. The molecule has 4 nitrogen and oxygen atoms in total. The maximum Gasteiger partial charge on any atom is 0.417 e. The number of halogens is 3. The Kier molecular flexibility index (Phi) is 4.66. The van der Waals surface area contributed by atoms with Gasteiger partial charge in [0.15, 0.2) is 0 Å². The molecule has 0 spiro atoms. The smallest absolute Gasteiger partial charge is 0.417 e. The molecule has 1 aliphatic heterocycles. The lowest BCUT2D eigenvalue weighted by Crippen LogP contribution is -2.32. The van der Waals surface area contributed by atoms with Crippen molar-refractivity contribution in [2.75, 3.05) is 13.1 Å². The molecule has 1 unspecified atom stereocenters. The van der Waals surface area contributed by atoms with Gasteiger partial charge in [-0.15, -0.1) is 0 Å². The number of nitrogens with zero attached hydrogens (tertiary/aromatic N) is 2. The van der Waals surface area contributed by atoms with Crippen LogP contribution in [-0.2, 0) is 6.18 Å². The number of carbonyl (C=O) groups is 1. The number of hydrogen-bond acceptors (Lipinski definition) is 3. The average Bonchev–Trinajstić information content (AvgIpc) is 3.15. The lowest BCUT2D eigenvalue weighted by molar-refractivity contribution is -0.138. The van der Waals surface area contributed by atoms with Crippen LogP contribution in [0.5, 0.6) is 5.88 Å². The van der Waals surface area contributed by atoms with Gasteiger partial charge in [-0.1, -0.05) is 30.3 Å². The summed E-state index contributed by atoms with van der Waals surface area (Å²) in [6, 6.07) is 16.1. The molecule has 0 radical (unpaired) electrons. The molecule has 2 heterocycles. The minimum absolute atomic E-state index is 0.222. The second-order valence-electron chi connectivity index (χ2n) is 6.67. The van der Waals surface area contributed by atoms with Crippen molar-refractivity contribution in [1.29, 1.82) is 0 Å². The van der Waals surface area contributed by atoms with Gasteiger partial charge in [0.05, 0.1) is 23.2 Å². The maximum atomic E-state index is 13.2. The first-order chi connectivity index (χ1) is 13.4. The monoisotopic (exact) mass is 386 g/mol. The SMILES string of the molecule is O=C(c1ccccc1C(F)(F)F)N1CCC(Oc2ccc3ccccc3n2)C1. The summed E-state index contributed by atoms with van der Waals surface area (Å²) in [4.78, 5) is 18.5. The number of pyridine rings is 1. The summed E-state index contributed by atoms with van der Waals surface area (Å²) in [6.45, 7) is 0.558. The molecule has 0 aliphatic carbocycles. The van der Waals surface area contributed by atoms with Crippen molar-refractivity contribution >= 4 is 16.8 Å². The molecule has 1 amide bonds. The Labute approximate surface area is 159 Å². The number of benzene rings is 2. The number of aromatic nitrogens is 1. The van der Waals surface area contributed by atoms with E-state index in [4.69, 9.17) is 4.74 Å². The van der Waals surface area contributed by atoms with Crippen LogP contribution in [0.25, 0.3) is 10.9 Å². The van der Waals surface area contributed by atoms with Gasteiger partial charge in [0, 0.05) is 24.4 Å². The van der Waals surface area contributed by atoms with Crippen LogP contribution in [0.1, 0.15) is 22.3 Å². The Morgan fingerprint density at radius 1 is 1.04 bits per heavy atom. The molecule has 1 fully saturated rings. The number of fused-ring (bicyclic) bond motifs is 1. The summed E-state index contributed by atoms with van der Waals surface area (Å²) < 4.78 is 45.4. The molecule has 0 N–H and O–H groups in total. The van der Waals surface area contributed by atoms with Gasteiger partial charge < -0.3 is 9.64 Å². The van der Waals surface area contributed by atoms with Crippen molar-refractivity contribution in [3.05, 3.63) is 71.8 Å². The number of alkyl halides is 3. The first-order valence-electron chi connectivity index (χ1n) is 8.90. The molecule has 1 atom stereocenters. The van der Waals surface area contributed by atoms with Crippen molar-refractivity contribution < 1.29 is 22.7 Å². The summed E-state index contributed by atoms with van der Waals surface area (Å²) in [5.74, 6) is -0.195. The zero-order valence-electron chi connectivity index (χ0n) is 14.8. The van der Waals surface area contributed by atoms with Crippen LogP contribution in [0, 0.1) is 0 Å². The average molecular weight is 386 g/mol. The fourth-order valence-corrected chi connectivity index (χ4v) is 3.38. The molecule has 1 aliphatic rings. The number of para-hydroxylation sites is 1. The van der Waals surface area contributed by atoms with Gasteiger partial charge in [0.1, 0.15) is 6.10 Å². The van der Waals surface area contributed by atoms with E-state index >= 15 is 0 Å². The van der Waals surface area contributed by atoms with Crippen molar-refractivity contribution in [3.8, 4) is 5.88 Å². The van der Waals surface area contributed by atoms with E-state index in [1.807, 2.05) is 30.3 Å². The summed E-state index contributed by atoms with van der Waals surface area (Å²) in [6.07, 6.45) is -4.35. The van der Waals surface area contributed by atoms with E-state index in [-0.39, 0.29) is 18.2 Å². The summed E-state index contributed by atoms with van der Waals surface area (Å²) in [5, 5.41) is 0.988. The van der Waals surface area contributed by atoms with E-state index in [0.717, 1.165) is 17.0 Å². The fourth-order valence-electron chi connectivity index (χ4n) is 3.38. The Morgan fingerprint density at radius 3 is 2.61 bits per heavy atom. The molecule has 28 heavy (non-hydrogen) atoms. The summed E-state index contributed by atoms with van der Waals surface area (Å²) in [7, 11) is 0. The van der Waals surface area contributed by atoms with E-state index in [9.17, 15) is 18.0 Å². The highest BCUT2D eigenvalue weighted by Crippen LogP contribution is 2.33. The topological polar surface area (TPSA) is 42.4 Å². The third kappa shape index (κ3) is 3.65. The van der Waals surface area contributed by atoms with Crippen LogP contribution in [0.2, 0.25) is 0 Å². The van der Waals surface area contributed by atoms with E-state index < -0.39 is 17.6 Å². The lowest BCUT2D eigenvalue weighted by Gasteiger charge is -2.19. The quantitative estimate of drug-likeness (QED) is 0.663. The first kappa shape index (κ1) is 18.3. The van der Waals surface area contributed by atoms with Gasteiger partial charge in [0.25, 0.3) is 5.91 Å². The van der Waals surface area contributed by atoms with Gasteiger partial charge in [-0.25, -0.2) is 4.98 Å². The largest absolute Gasteiger partial charge is 0.472 e. The summed E-state index contributed by atoms with van der Waals surface area (Å²) in [5.41, 5.74) is -0.454. The van der Waals surface area contributed by atoms with Crippen molar-refractivity contribution in [2.45, 2.75) is 18.7 Å². The van der Waals surface area contributed by atoms with Crippen LogP contribution in [0.15, 0.2) is 60.7 Å². The highest BCUT2D eigenvalue weighted by atomic mass is 19.4. The van der Waals surface area contributed by atoms with Crippen LogP contribution >= 0.6 is 0 Å². The third-order valence-corrected chi connectivity index (χ3v) is 4.76. The molecule has 2 aromatic carbocycles. The molecule has 0 bridgehead atoms. The number of ether oxygens (including phenoxy) is 1. The Bertz CT molecular complexity index is 1020. The van der Waals surface area contributed by atoms with Crippen molar-refractivity contribution in [3.63, 3.8) is 0 Å². The predicted molar refractivity (Wildman–Crippen MR) is 98.1 cm³/mol. The van der Waals surface area contributed by atoms with E-state index in [2.05, 4.69) is 4.98 Å². The Hall–Kier alpha value is -3.09. The van der Waals surface area contributed by atoms with Gasteiger partial charge in [0.2, 0.25) is 5.88 Å². The van der Waals surface area contributed by atoms with Crippen LogP contribution in [0.4, 0.5) is 13.2 Å². The Morgan fingerprint density at radius 2 is 1.79 bits per heavy atom. The van der Waals surface area contributed by atoms with Gasteiger partial charge in [-0.3, -0.25) is 4.79 Å². The maximum absolute atomic E-state index is 13.2. The molecule has 4 rings (SSSR count). The highest BCUT2D eigenvalue weighted by molar-refractivity contribution is 5.96. The fraction of sp³-hybridized carbons (Fsp3) is 0.238. The standard InChI is InChI=1S/C21H17F3N2O2/c22-21(23,24)17-7-3-2-6-16(17)20(27)26-12-11-15(13-26)28-19-10-9-14-5-1-4-8-18(14)25-19/h1-10,15H,11-13H2. The highest BCUT2D eigenvalue weighted by Gasteiger charge is 2.37. The van der Waals surface area contributed by atoms with E-state index in [1.54, 1.807) is 6.07 Å². The van der Waals surface area contributed by atoms with Gasteiger partial charge in [-0.05, 0) is 24.3 Å². The van der Waals surface area contributed by atoms with Crippen molar-refractivity contribution in [2.24, 2.45) is 0 Å². The second-order valence-corrected chi connectivity index (χ2v) is 6.67.